The first-order chi connectivity index (χ1) is 11.9. The molecule has 134 valence electrons. The second kappa shape index (κ2) is 7.95. The second-order valence-corrected chi connectivity index (χ2v) is 6.66. The summed E-state index contributed by atoms with van der Waals surface area (Å²) in [5.41, 5.74) is 0.420. The van der Waals surface area contributed by atoms with E-state index in [1.165, 1.54) is 14.2 Å². The van der Waals surface area contributed by atoms with Crippen LogP contribution in [-0.4, -0.2) is 35.1 Å². The molecule has 0 aliphatic rings. The number of carbonyl (C=O) groups excluding carboxylic acids is 1. The number of halogens is 1. The lowest BCUT2D eigenvalue weighted by molar-refractivity contribution is -0.115. The fraction of sp³-hybridized carbons (Fsp3) is 0.188. The van der Waals surface area contributed by atoms with E-state index in [2.05, 4.69) is 10.0 Å². The molecule has 0 aromatic heterocycles. The smallest absolute Gasteiger partial charge is 0.241 e. The van der Waals surface area contributed by atoms with Crippen LogP contribution in [0.3, 0.4) is 0 Å². The molecule has 0 aliphatic carbocycles. The quantitative estimate of drug-likeness (QED) is 0.777. The van der Waals surface area contributed by atoms with Crippen LogP contribution >= 0.6 is 0 Å². The summed E-state index contributed by atoms with van der Waals surface area (Å²) in [7, 11) is -0.965. The van der Waals surface area contributed by atoms with Gasteiger partial charge in [-0.15, -0.1) is 0 Å². The molecule has 0 spiro atoms. The van der Waals surface area contributed by atoms with Gasteiger partial charge in [-0.2, -0.15) is 0 Å². The van der Waals surface area contributed by atoms with E-state index < -0.39 is 28.3 Å². The van der Waals surface area contributed by atoms with Gasteiger partial charge in [0.15, 0.2) is 11.5 Å². The summed E-state index contributed by atoms with van der Waals surface area (Å²) >= 11 is 0. The van der Waals surface area contributed by atoms with Gasteiger partial charge >= 0.3 is 0 Å². The molecule has 0 fully saturated rings. The summed E-state index contributed by atoms with van der Waals surface area (Å²) in [4.78, 5) is 11.8. The van der Waals surface area contributed by atoms with E-state index >= 15 is 0 Å². The van der Waals surface area contributed by atoms with Crippen molar-refractivity contribution in [2.45, 2.75) is 4.90 Å². The Morgan fingerprint density at radius 3 is 2.28 bits per heavy atom. The molecule has 0 bridgehead atoms. The Hall–Kier alpha value is -2.65. The monoisotopic (exact) mass is 368 g/mol. The largest absolute Gasteiger partial charge is 0.493 e. The summed E-state index contributed by atoms with van der Waals surface area (Å²) < 4.78 is 49.3. The van der Waals surface area contributed by atoms with Crippen molar-refractivity contribution >= 4 is 21.6 Å². The number of hydrogen-bond acceptors (Lipinski definition) is 5. The van der Waals surface area contributed by atoms with E-state index in [-0.39, 0.29) is 4.90 Å². The first-order valence-corrected chi connectivity index (χ1v) is 8.61. The number of ether oxygens (including phenoxy) is 2. The highest BCUT2D eigenvalue weighted by atomic mass is 32.2. The molecule has 1 amide bonds. The van der Waals surface area contributed by atoms with Crippen LogP contribution < -0.4 is 19.5 Å². The summed E-state index contributed by atoms with van der Waals surface area (Å²) in [6.45, 7) is -0.478. The molecule has 9 heteroatoms. The molecule has 0 saturated heterocycles. The lowest BCUT2D eigenvalue weighted by Gasteiger charge is -2.11. The van der Waals surface area contributed by atoms with E-state index in [1.807, 2.05) is 0 Å². The molecule has 0 atom stereocenters. The lowest BCUT2D eigenvalue weighted by atomic mass is 10.2. The van der Waals surface area contributed by atoms with Crippen LogP contribution in [-0.2, 0) is 14.8 Å². The normalized spacial score (nSPS) is 11.0. The van der Waals surface area contributed by atoms with Crippen molar-refractivity contribution in [3.05, 3.63) is 48.3 Å². The van der Waals surface area contributed by atoms with Crippen molar-refractivity contribution < 1.29 is 27.1 Å². The number of nitrogens with one attached hydrogen (secondary N) is 2. The Kier molecular flexibility index (Phi) is 5.94. The number of methoxy groups -OCH3 is 2. The highest BCUT2D eigenvalue weighted by Gasteiger charge is 2.16. The number of anilines is 1. The van der Waals surface area contributed by atoms with Gasteiger partial charge in [-0.25, -0.2) is 17.5 Å². The van der Waals surface area contributed by atoms with Crippen LogP contribution in [0.25, 0.3) is 0 Å². The summed E-state index contributed by atoms with van der Waals surface area (Å²) in [5.74, 6) is -0.201. The van der Waals surface area contributed by atoms with Gasteiger partial charge in [-0.3, -0.25) is 4.79 Å². The SMILES string of the molecule is COc1ccc(NC(=O)CNS(=O)(=O)c2ccc(F)cc2)cc1OC. The molecule has 25 heavy (non-hydrogen) atoms. The van der Waals surface area contributed by atoms with E-state index in [4.69, 9.17) is 9.47 Å². The zero-order chi connectivity index (χ0) is 18.4. The number of carbonyl (C=O) groups is 1. The number of benzene rings is 2. The van der Waals surface area contributed by atoms with Gasteiger partial charge in [0.1, 0.15) is 5.82 Å². The molecule has 0 radical (unpaired) electrons. The Bertz CT molecular complexity index is 853. The van der Waals surface area contributed by atoms with E-state index in [0.29, 0.717) is 17.2 Å². The molecule has 7 nitrogen and oxygen atoms in total. The van der Waals surface area contributed by atoms with Gasteiger partial charge in [0, 0.05) is 11.8 Å². The van der Waals surface area contributed by atoms with Gasteiger partial charge in [0.25, 0.3) is 0 Å². The molecule has 0 saturated carbocycles. The standard InChI is InChI=1S/C16H17FN2O5S/c1-23-14-8-5-12(9-15(14)24-2)19-16(20)10-18-25(21,22)13-6-3-11(17)4-7-13/h3-9,18H,10H2,1-2H3,(H,19,20). The summed E-state index contributed by atoms with van der Waals surface area (Å²) in [6, 6.07) is 9.03. The first-order valence-electron chi connectivity index (χ1n) is 7.13. The maximum Gasteiger partial charge on any atom is 0.241 e. The van der Waals surface area contributed by atoms with Crippen molar-refractivity contribution in [1.82, 2.24) is 4.72 Å². The number of sulfonamides is 1. The fourth-order valence-electron chi connectivity index (χ4n) is 1.98. The molecule has 2 rings (SSSR count). The third-order valence-electron chi connectivity index (χ3n) is 3.21. The van der Waals surface area contributed by atoms with Crippen LogP contribution in [0.5, 0.6) is 11.5 Å². The van der Waals surface area contributed by atoms with Gasteiger partial charge in [0.05, 0.1) is 25.7 Å². The molecular formula is C16H17FN2O5S. The topological polar surface area (TPSA) is 93.7 Å². The zero-order valence-electron chi connectivity index (χ0n) is 13.6. The Morgan fingerprint density at radius 2 is 1.68 bits per heavy atom. The van der Waals surface area contributed by atoms with Crippen molar-refractivity contribution in [2.24, 2.45) is 0 Å². The zero-order valence-corrected chi connectivity index (χ0v) is 14.4. The molecule has 2 aromatic carbocycles. The summed E-state index contributed by atoms with van der Waals surface area (Å²) in [5, 5.41) is 2.54. The van der Waals surface area contributed by atoms with Crippen molar-refractivity contribution in [2.75, 3.05) is 26.1 Å². The predicted molar refractivity (Wildman–Crippen MR) is 89.8 cm³/mol. The molecule has 0 aliphatic heterocycles. The van der Waals surface area contributed by atoms with Crippen LogP contribution in [0.4, 0.5) is 10.1 Å². The van der Waals surface area contributed by atoms with E-state index in [9.17, 15) is 17.6 Å². The average molecular weight is 368 g/mol. The fourth-order valence-corrected chi connectivity index (χ4v) is 2.96. The summed E-state index contributed by atoms with van der Waals surface area (Å²) in [6.07, 6.45) is 0. The highest BCUT2D eigenvalue weighted by Crippen LogP contribution is 2.29. The number of rotatable bonds is 7. The lowest BCUT2D eigenvalue weighted by Crippen LogP contribution is -2.32. The van der Waals surface area contributed by atoms with Crippen molar-refractivity contribution in [3.63, 3.8) is 0 Å². The maximum absolute atomic E-state index is 12.8. The van der Waals surface area contributed by atoms with Crippen molar-refractivity contribution in [1.29, 1.82) is 0 Å². The molecule has 2 aromatic rings. The Balaban J connectivity index is 1.99. The van der Waals surface area contributed by atoms with E-state index in [1.54, 1.807) is 18.2 Å². The Labute approximate surface area is 144 Å². The first kappa shape index (κ1) is 18.7. The van der Waals surface area contributed by atoms with Crippen LogP contribution in [0, 0.1) is 5.82 Å². The Morgan fingerprint density at radius 1 is 1.04 bits per heavy atom. The van der Waals surface area contributed by atoms with Crippen LogP contribution in [0.1, 0.15) is 0 Å². The van der Waals surface area contributed by atoms with Gasteiger partial charge < -0.3 is 14.8 Å². The molecular weight excluding hydrogens is 351 g/mol. The van der Waals surface area contributed by atoms with Crippen LogP contribution in [0.2, 0.25) is 0 Å². The molecule has 0 unspecified atom stereocenters. The van der Waals surface area contributed by atoms with Gasteiger partial charge in [0.2, 0.25) is 15.9 Å². The predicted octanol–water partition coefficient (Wildman–Crippen LogP) is 1.76. The maximum atomic E-state index is 12.8. The highest BCUT2D eigenvalue weighted by molar-refractivity contribution is 7.89. The van der Waals surface area contributed by atoms with Gasteiger partial charge in [-0.1, -0.05) is 0 Å². The average Bonchev–Trinajstić information content (AvgIpc) is 2.60. The van der Waals surface area contributed by atoms with E-state index in [0.717, 1.165) is 24.3 Å². The minimum atomic E-state index is -3.91. The van der Waals surface area contributed by atoms with Gasteiger partial charge in [-0.05, 0) is 36.4 Å². The molecule has 2 N–H and O–H groups in total. The third-order valence-corrected chi connectivity index (χ3v) is 4.63. The second-order valence-electron chi connectivity index (χ2n) is 4.90. The number of hydrogen-bond donors (Lipinski definition) is 2. The minimum Gasteiger partial charge on any atom is -0.493 e. The number of amides is 1. The minimum absolute atomic E-state index is 0.132. The third kappa shape index (κ3) is 4.91. The van der Waals surface area contributed by atoms with Crippen molar-refractivity contribution in [3.8, 4) is 11.5 Å². The molecule has 0 heterocycles. The van der Waals surface area contributed by atoms with Crippen LogP contribution in [0.15, 0.2) is 47.4 Å².